The van der Waals surface area contributed by atoms with Gasteiger partial charge in [0.05, 0.1) is 11.6 Å². The summed E-state index contributed by atoms with van der Waals surface area (Å²) in [6.45, 7) is 5.77. The molecule has 0 fully saturated rings. The van der Waals surface area contributed by atoms with Crippen molar-refractivity contribution in [1.29, 1.82) is 0 Å². The molecule has 1 heterocycles. The van der Waals surface area contributed by atoms with Crippen LogP contribution in [0.4, 0.5) is 5.69 Å². The normalized spacial score (nSPS) is 12.0. The highest BCUT2D eigenvalue weighted by Gasteiger charge is 2.20. The smallest absolute Gasteiger partial charge is 0.234 e. The second-order valence-corrected chi connectivity index (χ2v) is 6.29. The lowest BCUT2D eigenvalue weighted by Crippen LogP contribution is -2.24. The Morgan fingerprint density at radius 1 is 1.39 bits per heavy atom. The molecule has 2 aromatic rings. The first-order valence-electron chi connectivity index (χ1n) is 7.45. The summed E-state index contributed by atoms with van der Waals surface area (Å²) >= 11 is 1.29. The van der Waals surface area contributed by atoms with Crippen LogP contribution in [0, 0.1) is 6.92 Å². The number of anilines is 1. The average molecular weight is 331 g/mol. The van der Waals surface area contributed by atoms with Gasteiger partial charge < -0.3 is 15.2 Å². The Kier molecular flexibility index (Phi) is 5.50. The number of nitrogens with one attached hydrogen (secondary N) is 1. The quantitative estimate of drug-likeness (QED) is 0.878. The van der Waals surface area contributed by atoms with Gasteiger partial charge in [-0.25, -0.2) is 4.98 Å². The molecule has 1 N–H and O–H groups in total. The maximum absolute atomic E-state index is 12.5. The van der Waals surface area contributed by atoms with Gasteiger partial charge in [0.1, 0.15) is 5.01 Å². The fourth-order valence-corrected chi connectivity index (χ4v) is 3.17. The van der Waals surface area contributed by atoms with Crippen LogP contribution in [0.15, 0.2) is 23.6 Å². The van der Waals surface area contributed by atoms with E-state index < -0.39 is 11.9 Å². The predicted molar refractivity (Wildman–Crippen MR) is 88.4 cm³/mol. The van der Waals surface area contributed by atoms with Crippen molar-refractivity contribution in [3.8, 4) is 0 Å². The lowest BCUT2D eigenvalue weighted by atomic mass is 10.0. The average Bonchev–Trinajstić information content (AvgIpc) is 2.95. The molecule has 0 spiro atoms. The largest absolute Gasteiger partial charge is 0.550 e. The summed E-state index contributed by atoms with van der Waals surface area (Å²) in [7, 11) is 0. The summed E-state index contributed by atoms with van der Waals surface area (Å²) in [5.74, 6) is -1.77. The molecule has 122 valence electrons. The van der Waals surface area contributed by atoms with E-state index >= 15 is 0 Å². The number of hydrogen-bond donors (Lipinski definition) is 1. The number of nitrogens with zero attached hydrogens (tertiary/aromatic N) is 1. The molecule has 0 aliphatic rings. The van der Waals surface area contributed by atoms with Gasteiger partial charge in [-0.2, -0.15) is 0 Å². The minimum atomic E-state index is -1.17. The van der Waals surface area contributed by atoms with Gasteiger partial charge in [0, 0.05) is 23.5 Å². The monoisotopic (exact) mass is 331 g/mol. The second kappa shape index (κ2) is 7.37. The first-order chi connectivity index (χ1) is 10.9. The molecule has 0 saturated carbocycles. The number of benzene rings is 1. The van der Waals surface area contributed by atoms with Gasteiger partial charge >= 0.3 is 0 Å². The van der Waals surface area contributed by atoms with Crippen LogP contribution in [0.2, 0.25) is 0 Å². The third-order valence-electron chi connectivity index (χ3n) is 3.65. The molecule has 2 rings (SSSR count). The Hall–Kier alpha value is -2.21. The lowest BCUT2D eigenvalue weighted by Gasteiger charge is -2.15. The topological polar surface area (TPSA) is 82.1 Å². The van der Waals surface area contributed by atoms with Crippen LogP contribution < -0.4 is 10.4 Å². The van der Waals surface area contributed by atoms with Crippen LogP contribution in [0.25, 0.3) is 0 Å². The Morgan fingerprint density at radius 3 is 2.78 bits per heavy atom. The third-order valence-corrected chi connectivity index (χ3v) is 4.72. The van der Waals surface area contributed by atoms with Crippen molar-refractivity contribution in [2.24, 2.45) is 0 Å². The molecule has 0 radical (unpaired) electrons. The third kappa shape index (κ3) is 4.16. The highest BCUT2D eigenvalue weighted by molar-refractivity contribution is 7.09. The van der Waals surface area contributed by atoms with E-state index in [9.17, 15) is 14.7 Å². The highest BCUT2D eigenvalue weighted by Crippen LogP contribution is 2.25. The molecule has 1 aromatic carbocycles. The van der Waals surface area contributed by atoms with E-state index in [0.717, 1.165) is 23.2 Å². The van der Waals surface area contributed by atoms with Crippen LogP contribution in [-0.4, -0.2) is 16.9 Å². The number of carboxylic acids is 1. The molecule has 5 nitrogen and oxygen atoms in total. The summed E-state index contributed by atoms with van der Waals surface area (Å²) in [4.78, 5) is 27.3. The number of para-hydroxylation sites is 1. The van der Waals surface area contributed by atoms with Gasteiger partial charge in [-0.15, -0.1) is 11.3 Å². The number of hydrogen-bond acceptors (Lipinski definition) is 5. The van der Waals surface area contributed by atoms with E-state index in [4.69, 9.17) is 0 Å². The predicted octanol–water partition coefficient (Wildman–Crippen LogP) is 2.05. The zero-order chi connectivity index (χ0) is 17.0. The lowest BCUT2D eigenvalue weighted by molar-refractivity contribution is -0.304. The van der Waals surface area contributed by atoms with Crippen molar-refractivity contribution in [3.63, 3.8) is 0 Å². The van der Waals surface area contributed by atoms with Gasteiger partial charge in [-0.3, -0.25) is 4.79 Å². The first-order valence-corrected chi connectivity index (χ1v) is 8.33. The van der Waals surface area contributed by atoms with Gasteiger partial charge in [0.25, 0.3) is 0 Å². The molecule has 6 heteroatoms. The molecule has 0 bridgehead atoms. The molecule has 1 atom stereocenters. The van der Waals surface area contributed by atoms with Gasteiger partial charge in [0.15, 0.2) is 0 Å². The van der Waals surface area contributed by atoms with E-state index in [1.807, 2.05) is 32.0 Å². The maximum Gasteiger partial charge on any atom is 0.234 e. The minimum Gasteiger partial charge on any atom is -0.550 e. The fraction of sp³-hybridized carbons (Fsp3) is 0.353. The summed E-state index contributed by atoms with van der Waals surface area (Å²) < 4.78 is 0. The minimum absolute atomic E-state index is 0.150. The van der Waals surface area contributed by atoms with E-state index in [1.165, 1.54) is 11.3 Å². The van der Waals surface area contributed by atoms with E-state index in [-0.39, 0.29) is 12.3 Å². The van der Waals surface area contributed by atoms with E-state index in [1.54, 1.807) is 12.3 Å². The molecule has 1 aromatic heterocycles. The van der Waals surface area contributed by atoms with Crippen molar-refractivity contribution in [2.75, 3.05) is 5.32 Å². The van der Waals surface area contributed by atoms with Crippen molar-refractivity contribution >= 4 is 28.9 Å². The van der Waals surface area contributed by atoms with Gasteiger partial charge in [-0.05, 0) is 31.4 Å². The molecule has 0 aliphatic carbocycles. The second-order valence-electron chi connectivity index (χ2n) is 5.40. The molecular formula is C17H19N2O3S-. The SMILES string of the molecule is CCc1cccc(C)c1NC(=O)[C@@H](C)c1nc(CC(=O)[O-])cs1. The number of carbonyl (C=O) groups excluding carboxylic acids is 2. The number of amides is 1. The molecule has 0 saturated heterocycles. The standard InChI is InChI=1S/C17H20N2O3S/c1-4-12-7-5-6-10(2)15(12)19-16(22)11(3)17-18-13(9-23-17)8-14(20)21/h5-7,9,11H,4,8H2,1-3H3,(H,19,22)(H,20,21)/p-1/t11-/m1/s1. The summed E-state index contributed by atoms with van der Waals surface area (Å²) in [5.41, 5.74) is 3.37. The number of aromatic nitrogens is 1. The first kappa shape index (κ1) is 17.1. The Morgan fingerprint density at radius 2 is 2.13 bits per heavy atom. The van der Waals surface area contributed by atoms with E-state index in [0.29, 0.717) is 10.7 Å². The summed E-state index contributed by atoms with van der Waals surface area (Å²) in [5, 5.41) is 15.8. The summed E-state index contributed by atoms with van der Waals surface area (Å²) in [6.07, 6.45) is 0.599. The van der Waals surface area contributed by atoms with E-state index in [2.05, 4.69) is 10.3 Å². The number of carboxylic acid groups (broad SMARTS) is 1. The molecule has 1 amide bonds. The van der Waals surface area contributed by atoms with Crippen molar-refractivity contribution in [2.45, 2.75) is 39.5 Å². The van der Waals surface area contributed by atoms with Crippen LogP contribution >= 0.6 is 11.3 Å². The Labute approximate surface area is 139 Å². The number of thiazole rings is 1. The van der Waals surface area contributed by atoms with Crippen LogP contribution in [0.5, 0.6) is 0 Å². The molecule has 0 aliphatic heterocycles. The number of aryl methyl sites for hydroxylation is 2. The molecular weight excluding hydrogens is 312 g/mol. The fourth-order valence-electron chi connectivity index (χ4n) is 2.30. The molecule has 0 unspecified atom stereocenters. The van der Waals surface area contributed by atoms with Crippen molar-refractivity contribution in [1.82, 2.24) is 4.98 Å². The zero-order valence-electron chi connectivity index (χ0n) is 13.4. The zero-order valence-corrected chi connectivity index (χ0v) is 14.2. The number of carbonyl (C=O) groups is 2. The van der Waals surface area contributed by atoms with Crippen LogP contribution in [0.3, 0.4) is 0 Å². The van der Waals surface area contributed by atoms with Crippen LogP contribution in [-0.2, 0) is 22.4 Å². The summed E-state index contributed by atoms with van der Waals surface area (Å²) in [6, 6.07) is 5.93. The highest BCUT2D eigenvalue weighted by atomic mass is 32.1. The van der Waals surface area contributed by atoms with Crippen molar-refractivity contribution in [3.05, 3.63) is 45.4 Å². The Balaban J connectivity index is 2.14. The van der Waals surface area contributed by atoms with Gasteiger partial charge in [-0.1, -0.05) is 25.1 Å². The molecule has 23 heavy (non-hydrogen) atoms. The van der Waals surface area contributed by atoms with Gasteiger partial charge in [0.2, 0.25) is 5.91 Å². The number of aliphatic carboxylic acids is 1. The number of rotatable bonds is 6. The Bertz CT molecular complexity index is 724. The van der Waals surface area contributed by atoms with Crippen LogP contribution in [0.1, 0.15) is 41.6 Å². The maximum atomic E-state index is 12.5. The van der Waals surface area contributed by atoms with Crippen molar-refractivity contribution < 1.29 is 14.7 Å².